The number of imide groups is 1. The Morgan fingerprint density at radius 3 is 2.20 bits per heavy atom. The minimum absolute atomic E-state index is 0.0860. The first-order chi connectivity index (χ1) is 9.45. The Morgan fingerprint density at radius 2 is 1.65 bits per heavy atom. The van der Waals surface area contributed by atoms with Gasteiger partial charge in [-0.15, -0.1) is 0 Å². The van der Waals surface area contributed by atoms with Crippen molar-refractivity contribution in [3.05, 3.63) is 0 Å². The summed E-state index contributed by atoms with van der Waals surface area (Å²) in [6, 6.07) is -0.477. The SMILES string of the molecule is CC(C(=O)NC(=O)NC1CC1)N(C)CC(=O)NC1CC1. The van der Waals surface area contributed by atoms with Crippen molar-refractivity contribution in [3.63, 3.8) is 0 Å². The highest BCUT2D eigenvalue weighted by Crippen LogP contribution is 2.18. The minimum atomic E-state index is -0.537. The van der Waals surface area contributed by atoms with Crippen LogP contribution in [-0.4, -0.2) is 54.5 Å². The lowest BCUT2D eigenvalue weighted by Gasteiger charge is -2.22. The Morgan fingerprint density at radius 1 is 1.10 bits per heavy atom. The number of hydrogen-bond acceptors (Lipinski definition) is 4. The number of hydrogen-bond donors (Lipinski definition) is 3. The van der Waals surface area contributed by atoms with E-state index >= 15 is 0 Å². The van der Waals surface area contributed by atoms with Crippen molar-refractivity contribution in [3.8, 4) is 0 Å². The van der Waals surface area contributed by atoms with Crippen LogP contribution in [0.2, 0.25) is 0 Å². The molecule has 0 spiro atoms. The van der Waals surface area contributed by atoms with Crippen molar-refractivity contribution in [2.45, 2.75) is 50.7 Å². The maximum Gasteiger partial charge on any atom is 0.321 e. The first kappa shape index (κ1) is 14.8. The molecule has 2 fully saturated rings. The van der Waals surface area contributed by atoms with Gasteiger partial charge in [0, 0.05) is 12.1 Å². The second-order valence-electron chi connectivity index (χ2n) is 5.67. The molecule has 0 heterocycles. The highest BCUT2D eigenvalue weighted by Gasteiger charge is 2.27. The van der Waals surface area contributed by atoms with Crippen LogP contribution in [0.4, 0.5) is 4.79 Å². The third kappa shape index (κ3) is 4.80. The predicted molar refractivity (Wildman–Crippen MR) is 73.0 cm³/mol. The summed E-state index contributed by atoms with van der Waals surface area (Å²) in [7, 11) is 1.69. The van der Waals surface area contributed by atoms with Crippen molar-refractivity contribution < 1.29 is 14.4 Å². The smallest absolute Gasteiger partial charge is 0.321 e. The van der Waals surface area contributed by atoms with Gasteiger partial charge in [0.15, 0.2) is 0 Å². The van der Waals surface area contributed by atoms with Crippen LogP contribution in [0.1, 0.15) is 32.6 Å². The van der Waals surface area contributed by atoms with E-state index in [1.54, 1.807) is 18.9 Å². The van der Waals surface area contributed by atoms with E-state index < -0.39 is 18.0 Å². The van der Waals surface area contributed by atoms with Crippen LogP contribution < -0.4 is 16.0 Å². The lowest BCUT2D eigenvalue weighted by Crippen LogP contribution is -2.50. The van der Waals surface area contributed by atoms with Gasteiger partial charge in [-0.05, 0) is 39.7 Å². The Labute approximate surface area is 118 Å². The van der Waals surface area contributed by atoms with E-state index in [2.05, 4.69) is 16.0 Å². The molecule has 2 aliphatic carbocycles. The molecule has 0 aromatic heterocycles. The Balaban J connectivity index is 1.69. The average Bonchev–Trinajstić information content (AvgIpc) is 3.24. The van der Waals surface area contributed by atoms with E-state index in [0.29, 0.717) is 6.04 Å². The zero-order valence-electron chi connectivity index (χ0n) is 11.9. The summed E-state index contributed by atoms with van der Waals surface area (Å²) >= 11 is 0. The van der Waals surface area contributed by atoms with Crippen molar-refractivity contribution >= 4 is 17.8 Å². The first-order valence-electron chi connectivity index (χ1n) is 7.06. The van der Waals surface area contributed by atoms with Gasteiger partial charge in [0.1, 0.15) is 0 Å². The highest BCUT2D eigenvalue weighted by molar-refractivity contribution is 5.97. The monoisotopic (exact) mass is 282 g/mol. The second kappa shape index (κ2) is 6.21. The molecule has 0 radical (unpaired) electrons. The number of amides is 4. The van der Waals surface area contributed by atoms with Gasteiger partial charge in [-0.25, -0.2) is 4.79 Å². The molecule has 0 aromatic carbocycles. The van der Waals surface area contributed by atoms with Crippen LogP contribution in [0.15, 0.2) is 0 Å². The quantitative estimate of drug-likeness (QED) is 0.617. The largest absolute Gasteiger partial charge is 0.352 e. The van der Waals surface area contributed by atoms with Crippen LogP contribution in [0, 0.1) is 0 Å². The van der Waals surface area contributed by atoms with Crippen LogP contribution in [-0.2, 0) is 9.59 Å². The molecule has 0 aromatic rings. The number of nitrogens with zero attached hydrogens (tertiary/aromatic N) is 1. The fourth-order valence-corrected chi connectivity index (χ4v) is 1.73. The molecule has 3 N–H and O–H groups in total. The standard InChI is InChI=1S/C13H22N4O3/c1-8(12(19)16-13(20)15-10-5-6-10)17(2)7-11(18)14-9-3-4-9/h8-10H,3-7H2,1-2H3,(H,14,18)(H2,15,16,19,20). The molecule has 2 aliphatic rings. The molecule has 2 rings (SSSR count). The maximum absolute atomic E-state index is 11.9. The summed E-state index contributed by atoms with van der Waals surface area (Å²) in [4.78, 5) is 36.6. The summed E-state index contributed by atoms with van der Waals surface area (Å²) in [6.45, 7) is 1.82. The number of urea groups is 1. The van der Waals surface area contributed by atoms with Crippen molar-refractivity contribution in [2.24, 2.45) is 0 Å². The Bertz CT molecular complexity index is 404. The molecule has 112 valence electrons. The predicted octanol–water partition coefficient (Wildman–Crippen LogP) is -0.426. The normalized spacial score (nSPS) is 19.4. The molecule has 0 saturated heterocycles. The summed E-state index contributed by atoms with van der Waals surface area (Å²) in [5.41, 5.74) is 0. The Hall–Kier alpha value is -1.63. The van der Waals surface area contributed by atoms with E-state index in [0.717, 1.165) is 25.7 Å². The summed E-state index contributed by atoms with van der Waals surface area (Å²) in [5, 5.41) is 7.84. The van der Waals surface area contributed by atoms with Gasteiger partial charge < -0.3 is 10.6 Å². The van der Waals surface area contributed by atoms with Gasteiger partial charge in [0.05, 0.1) is 12.6 Å². The number of carbonyl (C=O) groups excluding carboxylic acids is 3. The molecule has 7 heteroatoms. The van der Waals surface area contributed by atoms with Crippen molar-refractivity contribution in [2.75, 3.05) is 13.6 Å². The van der Waals surface area contributed by atoms with Gasteiger partial charge in [-0.3, -0.25) is 19.8 Å². The molecule has 20 heavy (non-hydrogen) atoms. The molecule has 2 saturated carbocycles. The average molecular weight is 282 g/mol. The number of likely N-dealkylation sites (N-methyl/N-ethyl adjacent to an activating group) is 1. The molecule has 4 amide bonds. The molecule has 0 aliphatic heterocycles. The topological polar surface area (TPSA) is 90.5 Å². The van der Waals surface area contributed by atoms with Gasteiger partial charge in [0.2, 0.25) is 11.8 Å². The van der Waals surface area contributed by atoms with E-state index in [1.807, 2.05) is 0 Å². The number of nitrogens with one attached hydrogen (secondary N) is 3. The molecular weight excluding hydrogens is 260 g/mol. The zero-order valence-corrected chi connectivity index (χ0v) is 11.9. The van der Waals surface area contributed by atoms with Gasteiger partial charge >= 0.3 is 6.03 Å². The molecule has 0 bridgehead atoms. The van der Waals surface area contributed by atoms with Gasteiger partial charge in [-0.2, -0.15) is 0 Å². The number of carbonyl (C=O) groups is 3. The van der Waals surface area contributed by atoms with Gasteiger partial charge in [-0.1, -0.05) is 0 Å². The Kier molecular flexibility index (Phi) is 4.59. The van der Waals surface area contributed by atoms with E-state index in [1.165, 1.54) is 0 Å². The lowest BCUT2D eigenvalue weighted by atomic mass is 10.2. The maximum atomic E-state index is 11.9. The highest BCUT2D eigenvalue weighted by atomic mass is 16.2. The lowest BCUT2D eigenvalue weighted by molar-refractivity contribution is -0.126. The van der Waals surface area contributed by atoms with Crippen molar-refractivity contribution in [1.29, 1.82) is 0 Å². The summed E-state index contributed by atoms with van der Waals surface area (Å²) in [5.74, 6) is -0.484. The third-order valence-electron chi connectivity index (χ3n) is 3.53. The fraction of sp³-hybridized carbons (Fsp3) is 0.769. The van der Waals surface area contributed by atoms with E-state index in [4.69, 9.17) is 0 Å². The molecular formula is C13H22N4O3. The third-order valence-corrected chi connectivity index (χ3v) is 3.53. The fourth-order valence-electron chi connectivity index (χ4n) is 1.73. The zero-order chi connectivity index (χ0) is 14.7. The molecule has 7 nitrogen and oxygen atoms in total. The molecule has 1 unspecified atom stereocenters. The molecule has 1 atom stereocenters. The van der Waals surface area contributed by atoms with Crippen LogP contribution in [0.5, 0.6) is 0 Å². The van der Waals surface area contributed by atoms with Gasteiger partial charge in [0.25, 0.3) is 0 Å². The van der Waals surface area contributed by atoms with Crippen LogP contribution in [0.3, 0.4) is 0 Å². The summed E-state index contributed by atoms with van der Waals surface area (Å²) in [6.07, 6.45) is 4.01. The van der Waals surface area contributed by atoms with E-state index in [-0.39, 0.29) is 18.5 Å². The van der Waals surface area contributed by atoms with E-state index in [9.17, 15) is 14.4 Å². The van der Waals surface area contributed by atoms with Crippen LogP contribution in [0.25, 0.3) is 0 Å². The minimum Gasteiger partial charge on any atom is -0.352 e. The summed E-state index contributed by atoms with van der Waals surface area (Å²) < 4.78 is 0. The number of rotatable bonds is 6. The van der Waals surface area contributed by atoms with Crippen LogP contribution >= 0.6 is 0 Å². The first-order valence-corrected chi connectivity index (χ1v) is 7.06. The second-order valence-corrected chi connectivity index (χ2v) is 5.67. The van der Waals surface area contributed by atoms with Crippen molar-refractivity contribution in [1.82, 2.24) is 20.9 Å².